The Bertz CT molecular complexity index is 456. The van der Waals surface area contributed by atoms with Crippen LogP contribution in [0, 0.1) is 0 Å². The van der Waals surface area contributed by atoms with Crippen LogP contribution in [0.3, 0.4) is 0 Å². The van der Waals surface area contributed by atoms with Crippen LogP contribution < -0.4 is 0 Å². The van der Waals surface area contributed by atoms with Crippen molar-refractivity contribution < 1.29 is 8.42 Å². The van der Waals surface area contributed by atoms with Crippen LogP contribution in [0.2, 0.25) is 0 Å². The molecular formula is C13H20BrNO2S. The second kappa shape index (κ2) is 7.26. The van der Waals surface area contributed by atoms with Gasteiger partial charge in [-0.2, -0.15) is 4.31 Å². The molecule has 0 saturated carbocycles. The number of benzene rings is 1. The molecule has 0 unspecified atom stereocenters. The molecule has 0 amide bonds. The Morgan fingerprint density at radius 3 is 2.22 bits per heavy atom. The Morgan fingerprint density at radius 2 is 1.78 bits per heavy atom. The fraction of sp³-hybridized carbons (Fsp3) is 0.538. The summed E-state index contributed by atoms with van der Waals surface area (Å²) >= 11 is 3.35. The second-order valence-electron chi connectivity index (χ2n) is 4.13. The fourth-order valence-electron chi connectivity index (χ4n) is 1.68. The minimum atomic E-state index is -3.33. The van der Waals surface area contributed by atoms with Crippen molar-refractivity contribution >= 4 is 26.0 Å². The Morgan fingerprint density at radius 1 is 1.17 bits per heavy atom. The van der Waals surface area contributed by atoms with E-state index in [2.05, 4.69) is 22.9 Å². The predicted molar refractivity (Wildman–Crippen MR) is 78.4 cm³/mol. The van der Waals surface area contributed by atoms with E-state index in [1.165, 1.54) is 0 Å². The molecule has 1 aromatic rings. The lowest BCUT2D eigenvalue weighted by atomic mass is 10.2. The van der Waals surface area contributed by atoms with Crippen LogP contribution in [0.4, 0.5) is 0 Å². The number of alkyl halides is 1. The maximum absolute atomic E-state index is 12.4. The van der Waals surface area contributed by atoms with Crippen LogP contribution in [0.1, 0.15) is 32.3 Å². The first-order valence-electron chi connectivity index (χ1n) is 6.21. The summed E-state index contributed by atoms with van der Waals surface area (Å²) in [7, 11) is -3.33. The Hall–Kier alpha value is -0.390. The number of hydrogen-bond donors (Lipinski definition) is 0. The first-order chi connectivity index (χ1) is 8.56. The van der Waals surface area contributed by atoms with Gasteiger partial charge in [-0.05, 0) is 24.1 Å². The smallest absolute Gasteiger partial charge is 0.207 e. The van der Waals surface area contributed by atoms with Crippen LogP contribution >= 0.6 is 15.9 Å². The van der Waals surface area contributed by atoms with Crippen molar-refractivity contribution in [2.24, 2.45) is 0 Å². The van der Waals surface area contributed by atoms with Gasteiger partial charge in [0.05, 0.1) is 4.90 Å². The largest absolute Gasteiger partial charge is 0.243 e. The number of sulfonamides is 1. The number of rotatable bonds is 7. The molecule has 0 saturated heterocycles. The van der Waals surface area contributed by atoms with Crippen LogP contribution in [0.25, 0.3) is 0 Å². The van der Waals surface area contributed by atoms with Crippen molar-refractivity contribution in [2.45, 2.75) is 36.9 Å². The van der Waals surface area contributed by atoms with Gasteiger partial charge in [0, 0.05) is 18.4 Å². The van der Waals surface area contributed by atoms with E-state index >= 15 is 0 Å². The lowest BCUT2D eigenvalue weighted by Gasteiger charge is -2.20. The highest BCUT2D eigenvalue weighted by molar-refractivity contribution is 9.08. The van der Waals surface area contributed by atoms with E-state index in [0.29, 0.717) is 18.0 Å². The zero-order valence-electron chi connectivity index (χ0n) is 10.9. The summed E-state index contributed by atoms with van der Waals surface area (Å²) in [5.41, 5.74) is 1.07. The zero-order chi connectivity index (χ0) is 13.6. The lowest BCUT2D eigenvalue weighted by molar-refractivity contribution is 0.419. The maximum atomic E-state index is 12.4. The van der Waals surface area contributed by atoms with Gasteiger partial charge in [-0.15, -0.1) is 0 Å². The summed E-state index contributed by atoms with van der Waals surface area (Å²) in [5.74, 6) is 0. The molecule has 102 valence electrons. The van der Waals surface area contributed by atoms with Gasteiger partial charge < -0.3 is 0 Å². The zero-order valence-corrected chi connectivity index (χ0v) is 13.3. The molecule has 0 aromatic heterocycles. The summed E-state index contributed by atoms with van der Waals surface area (Å²) in [4.78, 5) is 0.380. The summed E-state index contributed by atoms with van der Waals surface area (Å²) in [5, 5.41) is 0.737. The monoisotopic (exact) mass is 333 g/mol. The second-order valence-corrected chi connectivity index (χ2v) is 6.63. The Balaban J connectivity index is 2.95. The van der Waals surface area contributed by atoms with E-state index in [-0.39, 0.29) is 0 Å². The van der Waals surface area contributed by atoms with Gasteiger partial charge in [0.1, 0.15) is 0 Å². The molecule has 0 aliphatic carbocycles. The fourth-order valence-corrected chi connectivity index (χ4v) is 3.54. The highest BCUT2D eigenvalue weighted by Crippen LogP contribution is 2.17. The molecule has 0 radical (unpaired) electrons. The summed E-state index contributed by atoms with van der Waals surface area (Å²) in [6.45, 7) is 5.05. The van der Waals surface area contributed by atoms with Crippen LogP contribution in [-0.4, -0.2) is 25.8 Å². The third-order valence-corrected chi connectivity index (χ3v) is 5.47. The van der Waals surface area contributed by atoms with Crippen LogP contribution in [-0.2, 0) is 15.4 Å². The van der Waals surface area contributed by atoms with E-state index in [1.807, 2.05) is 19.1 Å². The molecule has 1 rings (SSSR count). The molecular weight excluding hydrogens is 314 g/mol. The lowest BCUT2D eigenvalue weighted by Crippen LogP contribution is -2.31. The summed E-state index contributed by atoms with van der Waals surface area (Å²) in [6.07, 6.45) is 1.89. The van der Waals surface area contributed by atoms with E-state index in [0.717, 1.165) is 23.7 Å². The average Bonchev–Trinajstić information content (AvgIpc) is 2.39. The minimum absolute atomic E-state index is 0.380. The maximum Gasteiger partial charge on any atom is 0.243 e. The molecule has 1 aromatic carbocycles. The highest BCUT2D eigenvalue weighted by atomic mass is 79.9. The molecule has 0 bridgehead atoms. The van der Waals surface area contributed by atoms with Gasteiger partial charge in [0.2, 0.25) is 10.0 Å². The van der Waals surface area contributed by atoms with E-state index in [9.17, 15) is 8.42 Å². The van der Waals surface area contributed by atoms with Crippen LogP contribution in [0.5, 0.6) is 0 Å². The molecule has 18 heavy (non-hydrogen) atoms. The first kappa shape index (κ1) is 15.7. The topological polar surface area (TPSA) is 37.4 Å². The molecule has 0 fully saturated rings. The molecule has 0 aliphatic rings. The number of hydrogen-bond acceptors (Lipinski definition) is 2. The third kappa shape index (κ3) is 3.80. The average molecular weight is 334 g/mol. The van der Waals surface area contributed by atoms with Gasteiger partial charge in [0.25, 0.3) is 0 Å². The Kier molecular flexibility index (Phi) is 6.32. The predicted octanol–water partition coefficient (Wildman–Crippen LogP) is 3.39. The standard InChI is InChI=1S/C13H20BrNO2S/c1-3-5-10-15(4-2)18(16,17)13-8-6-12(11-14)7-9-13/h6-9H,3-5,10-11H2,1-2H3. The van der Waals surface area contributed by atoms with Crippen molar-refractivity contribution in [1.29, 1.82) is 0 Å². The third-order valence-electron chi connectivity index (χ3n) is 2.83. The molecule has 0 spiro atoms. The highest BCUT2D eigenvalue weighted by Gasteiger charge is 2.22. The van der Waals surface area contributed by atoms with Crippen molar-refractivity contribution in [3.8, 4) is 0 Å². The van der Waals surface area contributed by atoms with E-state index in [1.54, 1.807) is 16.4 Å². The van der Waals surface area contributed by atoms with Crippen LogP contribution in [0.15, 0.2) is 29.2 Å². The van der Waals surface area contributed by atoms with Gasteiger partial charge in [0.15, 0.2) is 0 Å². The SMILES string of the molecule is CCCCN(CC)S(=O)(=O)c1ccc(CBr)cc1. The minimum Gasteiger partial charge on any atom is -0.207 e. The molecule has 0 N–H and O–H groups in total. The van der Waals surface area contributed by atoms with Gasteiger partial charge in [-0.1, -0.05) is 48.3 Å². The first-order valence-corrected chi connectivity index (χ1v) is 8.77. The number of nitrogens with zero attached hydrogens (tertiary/aromatic N) is 1. The van der Waals surface area contributed by atoms with E-state index < -0.39 is 10.0 Å². The molecule has 0 heterocycles. The van der Waals surface area contributed by atoms with Crippen molar-refractivity contribution in [3.05, 3.63) is 29.8 Å². The number of unbranched alkanes of at least 4 members (excludes halogenated alkanes) is 1. The molecule has 0 atom stereocenters. The molecule has 0 aliphatic heterocycles. The van der Waals surface area contributed by atoms with E-state index in [4.69, 9.17) is 0 Å². The number of halogens is 1. The molecule has 5 heteroatoms. The van der Waals surface area contributed by atoms with Crippen molar-refractivity contribution in [1.82, 2.24) is 4.31 Å². The Labute approximate surface area is 118 Å². The quantitative estimate of drug-likeness (QED) is 0.717. The van der Waals surface area contributed by atoms with Gasteiger partial charge >= 0.3 is 0 Å². The van der Waals surface area contributed by atoms with Gasteiger partial charge in [-0.3, -0.25) is 0 Å². The van der Waals surface area contributed by atoms with Crippen molar-refractivity contribution in [3.63, 3.8) is 0 Å². The molecule has 3 nitrogen and oxygen atoms in total. The van der Waals surface area contributed by atoms with Gasteiger partial charge in [-0.25, -0.2) is 8.42 Å². The summed E-state index contributed by atoms with van der Waals surface area (Å²) < 4.78 is 26.3. The van der Waals surface area contributed by atoms with Crippen molar-refractivity contribution in [2.75, 3.05) is 13.1 Å². The summed E-state index contributed by atoms with van der Waals surface area (Å²) in [6, 6.07) is 7.05. The normalized spacial score (nSPS) is 12.0.